The fraction of sp³-hybridized carbons (Fsp3) is 1.00. The van der Waals surface area contributed by atoms with Crippen LogP contribution in [-0.2, 0) is 19.9 Å². The van der Waals surface area contributed by atoms with E-state index in [9.17, 15) is 20.4 Å². The summed E-state index contributed by atoms with van der Waals surface area (Å²) in [4.78, 5) is 0. The predicted octanol–water partition coefficient (Wildman–Crippen LogP) is -19.1. The Morgan fingerprint density at radius 2 is 0.848 bits per heavy atom. The molecule has 10 unspecified atom stereocenters. The maximum Gasteiger partial charge on any atom is 1.00 e. The van der Waals surface area contributed by atoms with E-state index >= 15 is 0 Å². The van der Waals surface area contributed by atoms with Gasteiger partial charge in [-0.25, -0.2) is 0 Å². The van der Waals surface area contributed by atoms with Crippen LogP contribution in [0, 0.1) is 0 Å². The average Bonchev–Trinajstić information content (AvgIpc) is 2.63. The van der Waals surface area contributed by atoms with Crippen molar-refractivity contribution in [1.29, 1.82) is 0 Å². The minimum Gasteiger partial charge on any atom is -1.00 e. The van der Waals surface area contributed by atoms with Crippen LogP contribution < -0.4 is 95.4 Å². The number of hydrogen-bond donors (Lipinski definition) is 12. The molecule has 2 fully saturated rings. The van der Waals surface area contributed by atoms with Gasteiger partial charge in [-0.05, 0) is 0 Å². The molecule has 0 aromatic rings. The molecule has 21 heteroatoms. The first kappa shape index (κ1) is 44.9. The first-order valence-electron chi connectivity index (χ1n) is 7.97. The van der Waals surface area contributed by atoms with Crippen LogP contribution in [0.1, 0.15) is 0 Å². The van der Waals surface area contributed by atoms with Gasteiger partial charge in [0, 0.05) is 0 Å². The van der Waals surface area contributed by atoms with Crippen LogP contribution >= 0.6 is 0 Å². The number of ether oxygens (including phenoxy) is 2. The predicted molar refractivity (Wildman–Crippen MR) is 90.1 cm³/mol. The second kappa shape index (κ2) is 21.0. The molecular formula is C12H28Cl2N2Na2O14S. The van der Waals surface area contributed by atoms with E-state index in [0.717, 1.165) is 0 Å². The molecule has 0 spiro atoms. The average molecular weight is 573 g/mol. The molecule has 2 rings (SSSR count). The zero-order valence-corrected chi connectivity index (χ0v) is 23.9. The maximum atomic E-state index is 9.20. The molecule has 2 aliphatic rings. The number of halogens is 2. The van der Waals surface area contributed by atoms with Crippen molar-refractivity contribution in [2.45, 2.75) is 61.3 Å². The normalized spacial score (nSPS) is 37.6. The summed E-state index contributed by atoms with van der Waals surface area (Å²) in [7, 11) is -4.67. The van der Waals surface area contributed by atoms with Gasteiger partial charge < -0.3 is 86.6 Å². The number of rotatable bonds is 2. The fourth-order valence-corrected chi connectivity index (χ4v) is 2.24. The molecule has 2 aliphatic heterocycles. The monoisotopic (exact) mass is 572 g/mol. The largest absolute Gasteiger partial charge is 1.00 e. The second-order valence-corrected chi connectivity index (χ2v) is 6.96. The molecule has 14 N–H and O–H groups in total. The van der Waals surface area contributed by atoms with E-state index in [-0.39, 0.29) is 83.9 Å². The van der Waals surface area contributed by atoms with Crippen molar-refractivity contribution in [2.75, 3.05) is 13.2 Å². The molecule has 0 aromatic carbocycles. The summed E-state index contributed by atoms with van der Waals surface area (Å²) in [6.07, 6.45) is -9.70. The van der Waals surface area contributed by atoms with Gasteiger partial charge in [-0.15, -0.1) is 0 Å². The van der Waals surface area contributed by atoms with Crippen LogP contribution in [0.3, 0.4) is 0 Å². The minimum atomic E-state index is -4.67. The third kappa shape index (κ3) is 16.4. The molecule has 16 nitrogen and oxygen atoms in total. The number of aliphatic hydroxyl groups excluding tert-OH is 8. The van der Waals surface area contributed by atoms with Gasteiger partial charge in [-0.3, -0.25) is 9.11 Å². The summed E-state index contributed by atoms with van der Waals surface area (Å²) >= 11 is 0. The molecule has 33 heavy (non-hydrogen) atoms. The van der Waals surface area contributed by atoms with E-state index in [1.54, 1.807) is 0 Å². The summed E-state index contributed by atoms with van der Waals surface area (Å²) in [6.45, 7) is -0.940. The van der Waals surface area contributed by atoms with E-state index in [2.05, 4.69) is 0 Å². The Morgan fingerprint density at radius 1 is 0.636 bits per heavy atom. The number of hydrogen-bond acceptors (Lipinski definition) is 14. The first-order chi connectivity index (χ1) is 13.1. The minimum absolute atomic E-state index is 0. The van der Waals surface area contributed by atoms with Crippen molar-refractivity contribution in [3.05, 3.63) is 0 Å². The fourth-order valence-electron chi connectivity index (χ4n) is 2.24. The summed E-state index contributed by atoms with van der Waals surface area (Å²) in [5.41, 5.74) is 10.5. The third-order valence-electron chi connectivity index (χ3n) is 3.90. The Bertz CT molecular complexity index is 537. The molecule has 0 radical (unpaired) electrons. The maximum absolute atomic E-state index is 9.20. The van der Waals surface area contributed by atoms with Crippen LogP contribution in [0.4, 0.5) is 0 Å². The Balaban J connectivity index is -0.000000120. The summed E-state index contributed by atoms with van der Waals surface area (Å²) in [5, 5.41) is 72.1. The van der Waals surface area contributed by atoms with E-state index in [1.165, 1.54) is 0 Å². The van der Waals surface area contributed by atoms with Gasteiger partial charge in [-0.1, -0.05) is 0 Å². The van der Waals surface area contributed by atoms with Crippen LogP contribution in [0.15, 0.2) is 0 Å². The van der Waals surface area contributed by atoms with Crippen molar-refractivity contribution in [3.63, 3.8) is 0 Å². The van der Waals surface area contributed by atoms with Crippen LogP contribution in [0.5, 0.6) is 0 Å². The number of nitrogens with two attached hydrogens (primary N) is 2. The molecule has 0 amide bonds. The third-order valence-corrected chi connectivity index (χ3v) is 3.90. The first-order valence-corrected chi connectivity index (χ1v) is 9.37. The van der Waals surface area contributed by atoms with Gasteiger partial charge in [0.15, 0.2) is 12.6 Å². The number of aliphatic hydroxyl groups is 8. The van der Waals surface area contributed by atoms with Crippen LogP contribution in [-0.4, -0.2) is 133 Å². The van der Waals surface area contributed by atoms with Gasteiger partial charge in [0.25, 0.3) is 0 Å². The van der Waals surface area contributed by atoms with Crippen LogP contribution in [0.2, 0.25) is 0 Å². The smallest absolute Gasteiger partial charge is 1.00 e. The summed E-state index contributed by atoms with van der Waals surface area (Å²) in [6, 6.07) is -2.08. The van der Waals surface area contributed by atoms with E-state index in [1.807, 2.05) is 0 Å². The van der Waals surface area contributed by atoms with Crippen molar-refractivity contribution in [1.82, 2.24) is 0 Å². The molecule has 0 bridgehead atoms. The van der Waals surface area contributed by atoms with E-state index in [4.69, 9.17) is 58.9 Å². The summed E-state index contributed by atoms with van der Waals surface area (Å²) < 4.78 is 41.0. The van der Waals surface area contributed by atoms with Crippen molar-refractivity contribution < 1.29 is 152 Å². The zero-order chi connectivity index (χ0) is 23.1. The zero-order valence-electron chi connectivity index (χ0n) is 17.6. The molecule has 0 aromatic heterocycles. The molecule has 192 valence electrons. The molecule has 2 heterocycles. The second-order valence-electron chi connectivity index (χ2n) is 6.06. The molecule has 2 saturated heterocycles. The SMILES string of the molecule is NC1C(O)OC(CO)C(O)C1O.NC1C(O)OC(CO)C(O)C1O.O=S(=O)(O)O.[Cl-].[Cl-].[Na+].[Na+]. The van der Waals surface area contributed by atoms with Gasteiger partial charge in [0.05, 0.1) is 25.3 Å². The van der Waals surface area contributed by atoms with Gasteiger partial charge in [0.2, 0.25) is 0 Å². The molecule has 0 aliphatic carbocycles. The van der Waals surface area contributed by atoms with E-state index in [0.29, 0.717) is 0 Å². The van der Waals surface area contributed by atoms with Crippen molar-refractivity contribution >= 4 is 10.4 Å². The molecule has 0 saturated carbocycles. The Morgan fingerprint density at radius 3 is 1.03 bits per heavy atom. The summed E-state index contributed by atoms with van der Waals surface area (Å²) in [5.74, 6) is 0. The molecule has 10 atom stereocenters. The Hall–Kier alpha value is 1.97. The quantitative estimate of drug-likeness (QED) is 0.108. The topological polar surface area (TPSA) is 307 Å². The molecular weight excluding hydrogens is 545 g/mol. The van der Waals surface area contributed by atoms with Gasteiger partial charge in [0.1, 0.15) is 36.6 Å². The standard InChI is InChI=1S/2C6H13NO5.2ClH.2Na.H2O4S/c2*7-3-5(10)4(9)2(1-8)12-6(3)11;;;;;1-5(2,3)4/h2*2-6,8-11H,1,7H2;2*1H;;;(H2,1,2,3,4)/q;;;;2*+1;/p-2. The van der Waals surface area contributed by atoms with Crippen molar-refractivity contribution in [2.24, 2.45) is 11.5 Å². The van der Waals surface area contributed by atoms with Gasteiger partial charge in [-0.2, -0.15) is 8.42 Å². The van der Waals surface area contributed by atoms with Crippen LogP contribution in [0.25, 0.3) is 0 Å². The van der Waals surface area contributed by atoms with E-state index < -0.39 is 84.9 Å². The Labute approximate surface area is 246 Å². The van der Waals surface area contributed by atoms with Gasteiger partial charge >= 0.3 is 69.5 Å². The van der Waals surface area contributed by atoms with Crippen molar-refractivity contribution in [3.8, 4) is 0 Å². The Kier molecular flexibility index (Phi) is 28.5.